The van der Waals surface area contributed by atoms with Crippen molar-refractivity contribution in [2.75, 3.05) is 18.5 Å². The van der Waals surface area contributed by atoms with Crippen molar-refractivity contribution in [3.8, 4) is 0 Å². The molecular weight excluding hydrogens is 492 g/mol. The van der Waals surface area contributed by atoms with Gasteiger partial charge in [-0.25, -0.2) is 0 Å². The van der Waals surface area contributed by atoms with Crippen LogP contribution in [-0.4, -0.2) is 64.0 Å². The van der Waals surface area contributed by atoms with E-state index in [0.717, 1.165) is 17.8 Å². The van der Waals surface area contributed by atoms with E-state index in [4.69, 9.17) is 9.47 Å². The first kappa shape index (κ1) is 30.4. The fourth-order valence-corrected chi connectivity index (χ4v) is 3.32. The predicted molar refractivity (Wildman–Crippen MR) is 140 cm³/mol. The molecule has 0 bridgehead atoms. The molecule has 2 rings (SSSR count). The lowest BCUT2D eigenvalue weighted by Gasteiger charge is -2.24. The number of carbonyl (C=O) groups is 4. The lowest BCUT2D eigenvalue weighted by Crippen LogP contribution is -2.53. The molecule has 12 nitrogen and oxygen atoms in total. The second-order valence-corrected chi connectivity index (χ2v) is 9.16. The molecular formula is C26H38N6O6. The lowest BCUT2D eigenvalue weighted by molar-refractivity contribution is -0.142. The maximum Gasteiger partial charge on any atom is 0.302 e. The van der Waals surface area contributed by atoms with E-state index in [9.17, 15) is 19.2 Å². The minimum absolute atomic E-state index is 0.0989. The standard InChI is InChI=1S/C26H38N6O6/c1-6-32-15-22(30-31-32)11-13-37-14-12-23(34)29-24(17(2)3)26(36)27-18(4)25(35)28-21-9-7-20(8-10-21)16-38-19(5)33/h7-10,15,17-18,24H,6,11-14,16H2,1-5H3,(H,27,36)(H,28,35)(H,29,34)/t18-,24-/m0/s1. The van der Waals surface area contributed by atoms with Crippen LogP contribution in [0.5, 0.6) is 0 Å². The van der Waals surface area contributed by atoms with Crippen molar-refractivity contribution in [3.05, 3.63) is 41.7 Å². The van der Waals surface area contributed by atoms with Crippen LogP contribution in [0.15, 0.2) is 30.5 Å². The molecule has 2 aromatic rings. The molecule has 0 spiro atoms. The van der Waals surface area contributed by atoms with Crippen LogP contribution in [0.1, 0.15) is 52.3 Å². The minimum atomic E-state index is -0.838. The first-order valence-electron chi connectivity index (χ1n) is 12.7. The average Bonchev–Trinajstić information content (AvgIpc) is 3.34. The zero-order valence-electron chi connectivity index (χ0n) is 22.7. The van der Waals surface area contributed by atoms with Crippen LogP contribution in [0.4, 0.5) is 5.69 Å². The van der Waals surface area contributed by atoms with E-state index in [2.05, 4.69) is 26.3 Å². The first-order valence-corrected chi connectivity index (χ1v) is 12.7. The Balaban J connectivity index is 1.75. The van der Waals surface area contributed by atoms with Crippen LogP contribution < -0.4 is 16.0 Å². The van der Waals surface area contributed by atoms with Crippen molar-refractivity contribution in [3.63, 3.8) is 0 Å². The van der Waals surface area contributed by atoms with Gasteiger partial charge >= 0.3 is 5.97 Å². The van der Waals surface area contributed by atoms with E-state index in [1.54, 1.807) is 35.9 Å². The van der Waals surface area contributed by atoms with Crippen LogP contribution >= 0.6 is 0 Å². The van der Waals surface area contributed by atoms with Crippen LogP contribution in [-0.2, 0) is 48.2 Å². The molecule has 1 aromatic carbocycles. The molecule has 3 amide bonds. The molecule has 2 atom stereocenters. The van der Waals surface area contributed by atoms with Gasteiger partial charge in [-0.15, -0.1) is 5.10 Å². The number of benzene rings is 1. The number of esters is 1. The van der Waals surface area contributed by atoms with Gasteiger partial charge in [-0.2, -0.15) is 0 Å². The Hall–Kier alpha value is -3.80. The highest BCUT2D eigenvalue weighted by Gasteiger charge is 2.27. The van der Waals surface area contributed by atoms with E-state index >= 15 is 0 Å². The Morgan fingerprint density at radius 1 is 1.00 bits per heavy atom. The van der Waals surface area contributed by atoms with Gasteiger partial charge in [0.25, 0.3) is 0 Å². The molecule has 0 radical (unpaired) electrons. The molecule has 0 saturated carbocycles. The van der Waals surface area contributed by atoms with Crippen molar-refractivity contribution in [2.45, 2.75) is 72.7 Å². The number of hydrogen-bond donors (Lipinski definition) is 3. The molecule has 0 unspecified atom stereocenters. The third-order valence-electron chi connectivity index (χ3n) is 5.57. The topological polar surface area (TPSA) is 154 Å². The van der Waals surface area contributed by atoms with E-state index in [-0.39, 0.29) is 37.4 Å². The van der Waals surface area contributed by atoms with Crippen LogP contribution in [0.2, 0.25) is 0 Å². The third-order valence-corrected chi connectivity index (χ3v) is 5.57. The fraction of sp³-hybridized carbons (Fsp3) is 0.538. The van der Waals surface area contributed by atoms with E-state index < -0.39 is 23.9 Å². The summed E-state index contributed by atoms with van der Waals surface area (Å²) in [7, 11) is 0. The van der Waals surface area contributed by atoms with Gasteiger partial charge in [0.1, 0.15) is 18.7 Å². The highest BCUT2D eigenvalue weighted by Crippen LogP contribution is 2.11. The van der Waals surface area contributed by atoms with Gasteiger partial charge in [0.15, 0.2) is 0 Å². The Labute approximate surface area is 222 Å². The zero-order chi connectivity index (χ0) is 28.1. The fourth-order valence-electron chi connectivity index (χ4n) is 3.32. The van der Waals surface area contributed by atoms with Gasteiger partial charge in [-0.1, -0.05) is 31.2 Å². The third kappa shape index (κ3) is 10.7. The Morgan fingerprint density at radius 2 is 1.71 bits per heavy atom. The molecule has 0 fully saturated rings. The normalized spacial score (nSPS) is 12.5. The molecule has 12 heteroatoms. The van der Waals surface area contributed by atoms with Gasteiger partial charge in [-0.05, 0) is 37.5 Å². The summed E-state index contributed by atoms with van der Waals surface area (Å²) in [5, 5.41) is 16.1. The Kier molecular flexibility index (Phi) is 12.4. The minimum Gasteiger partial charge on any atom is -0.461 e. The number of ether oxygens (including phenoxy) is 2. The number of aromatic nitrogens is 3. The molecule has 3 N–H and O–H groups in total. The Bertz CT molecular complexity index is 1070. The van der Waals surface area contributed by atoms with Crippen molar-refractivity contribution in [1.82, 2.24) is 25.6 Å². The van der Waals surface area contributed by atoms with Crippen molar-refractivity contribution in [1.29, 1.82) is 0 Å². The molecule has 38 heavy (non-hydrogen) atoms. The van der Waals surface area contributed by atoms with Crippen LogP contribution in [0.3, 0.4) is 0 Å². The Morgan fingerprint density at radius 3 is 2.32 bits per heavy atom. The van der Waals surface area contributed by atoms with E-state index in [1.165, 1.54) is 6.92 Å². The number of rotatable bonds is 15. The molecule has 1 aromatic heterocycles. The van der Waals surface area contributed by atoms with Crippen molar-refractivity contribution >= 4 is 29.4 Å². The number of carbonyl (C=O) groups excluding carboxylic acids is 4. The van der Waals surface area contributed by atoms with E-state index in [1.807, 2.05) is 27.0 Å². The second kappa shape index (κ2) is 15.5. The SMILES string of the molecule is CCn1cc(CCOCCC(=O)N[C@H](C(=O)N[C@@H](C)C(=O)Nc2ccc(COC(C)=O)cc2)C(C)C)nn1. The number of amides is 3. The summed E-state index contributed by atoms with van der Waals surface area (Å²) >= 11 is 0. The second-order valence-electron chi connectivity index (χ2n) is 9.16. The molecule has 0 aliphatic rings. The number of nitrogens with one attached hydrogen (secondary N) is 3. The molecule has 208 valence electrons. The monoisotopic (exact) mass is 530 g/mol. The summed E-state index contributed by atoms with van der Waals surface area (Å²) in [6.45, 7) is 10.0. The maximum atomic E-state index is 12.8. The first-order chi connectivity index (χ1) is 18.1. The number of hydrogen-bond acceptors (Lipinski definition) is 8. The summed E-state index contributed by atoms with van der Waals surface area (Å²) in [6, 6.07) is 5.18. The quantitative estimate of drug-likeness (QED) is 0.232. The number of anilines is 1. The summed E-state index contributed by atoms with van der Waals surface area (Å²) in [6.07, 6.45) is 2.55. The molecule has 0 saturated heterocycles. The van der Waals surface area contributed by atoms with Crippen LogP contribution in [0.25, 0.3) is 0 Å². The van der Waals surface area contributed by atoms with Gasteiger partial charge in [-0.3, -0.25) is 23.9 Å². The predicted octanol–water partition coefficient (Wildman–Crippen LogP) is 1.59. The van der Waals surface area contributed by atoms with Gasteiger partial charge < -0.3 is 25.4 Å². The molecule has 0 aliphatic carbocycles. The highest BCUT2D eigenvalue weighted by molar-refractivity contribution is 5.98. The molecule has 0 aliphatic heterocycles. The highest BCUT2D eigenvalue weighted by atomic mass is 16.5. The van der Waals surface area contributed by atoms with E-state index in [0.29, 0.717) is 18.7 Å². The number of aryl methyl sites for hydroxylation is 1. The zero-order valence-corrected chi connectivity index (χ0v) is 22.7. The van der Waals surface area contributed by atoms with Gasteiger partial charge in [0.05, 0.1) is 18.9 Å². The number of nitrogens with zero attached hydrogens (tertiary/aromatic N) is 3. The summed E-state index contributed by atoms with van der Waals surface area (Å²) < 4.78 is 12.2. The lowest BCUT2D eigenvalue weighted by atomic mass is 10.0. The largest absolute Gasteiger partial charge is 0.461 e. The maximum absolute atomic E-state index is 12.8. The summed E-state index contributed by atoms with van der Waals surface area (Å²) in [5.41, 5.74) is 2.13. The van der Waals surface area contributed by atoms with Gasteiger partial charge in [0, 0.05) is 38.2 Å². The smallest absolute Gasteiger partial charge is 0.302 e. The average molecular weight is 531 g/mol. The van der Waals surface area contributed by atoms with Crippen molar-refractivity contribution < 1.29 is 28.7 Å². The summed E-state index contributed by atoms with van der Waals surface area (Å²) in [4.78, 5) is 48.7. The summed E-state index contributed by atoms with van der Waals surface area (Å²) in [5.74, 6) is -1.75. The van der Waals surface area contributed by atoms with Crippen molar-refractivity contribution in [2.24, 2.45) is 5.92 Å². The molecule has 1 heterocycles. The van der Waals surface area contributed by atoms with Crippen LogP contribution in [0, 0.1) is 5.92 Å². The van der Waals surface area contributed by atoms with Gasteiger partial charge in [0.2, 0.25) is 17.7 Å².